The lowest BCUT2D eigenvalue weighted by molar-refractivity contribution is -0.114. The molecule has 1 saturated carbocycles. The van der Waals surface area contributed by atoms with Crippen LogP contribution < -0.4 is 10.9 Å². The zero-order chi connectivity index (χ0) is 16.7. The maximum absolute atomic E-state index is 12.2. The van der Waals surface area contributed by atoms with E-state index < -0.39 is 0 Å². The highest BCUT2D eigenvalue weighted by molar-refractivity contribution is 8.00. The van der Waals surface area contributed by atoms with Crippen molar-refractivity contribution in [2.75, 3.05) is 5.32 Å². The number of amides is 1. The summed E-state index contributed by atoms with van der Waals surface area (Å²) in [4.78, 5) is 28.3. The van der Waals surface area contributed by atoms with Gasteiger partial charge in [0.1, 0.15) is 5.01 Å². The molecule has 4 rings (SSSR count). The van der Waals surface area contributed by atoms with Crippen LogP contribution in [0.3, 0.4) is 0 Å². The molecule has 1 amide bonds. The van der Waals surface area contributed by atoms with E-state index in [1.165, 1.54) is 51.9 Å². The number of rotatable bonds is 5. The average molecular weight is 380 g/mol. The fraction of sp³-hybridized carbons (Fsp3) is 0.385. The number of nitrogens with zero attached hydrogens (tertiary/aromatic N) is 5. The zero-order valence-corrected chi connectivity index (χ0v) is 15.0. The summed E-state index contributed by atoms with van der Waals surface area (Å²) in [5.41, 5.74) is 0.530. The van der Waals surface area contributed by atoms with Crippen molar-refractivity contribution in [1.29, 1.82) is 0 Å². The van der Waals surface area contributed by atoms with Crippen LogP contribution >= 0.6 is 34.4 Å². The highest BCUT2D eigenvalue weighted by Gasteiger charge is 2.28. The van der Waals surface area contributed by atoms with E-state index in [4.69, 9.17) is 0 Å². The van der Waals surface area contributed by atoms with E-state index in [-0.39, 0.29) is 11.5 Å². The van der Waals surface area contributed by atoms with Gasteiger partial charge in [-0.3, -0.25) is 9.59 Å². The number of fused-ring (bicyclic) bond motifs is 1. The SMILES string of the molecule is CC(=O)Nc1nnc(SCc2cc(=O)n3nc(C4CC4)sc3n2)s1. The minimum atomic E-state index is -0.181. The number of thioether (sulfide) groups is 1. The second-order valence-electron chi connectivity index (χ2n) is 5.34. The molecular formula is C13H12N6O2S3. The summed E-state index contributed by atoms with van der Waals surface area (Å²) < 4.78 is 2.09. The molecule has 0 aromatic carbocycles. The lowest BCUT2D eigenvalue weighted by Gasteiger charge is -1.97. The topological polar surface area (TPSA) is 102 Å². The molecule has 0 saturated heterocycles. The molecule has 124 valence electrons. The maximum atomic E-state index is 12.2. The molecule has 1 N–H and O–H groups in total. The Labute approximate surface area is 148 Å². The fourth-order valence-corrected chi connectivity index (χ4v) is 4.83. The number of carbonyl (C=O) groups excluding carboxylic acids is 1. The molecule has 1 aliphatic carbocycles. The number of carbonyl (C=O) groups is 1. The van der Waals surface area contributed by atoms with Gasteiger partial charge in [0.05, 0.1) is 5.69 Å². The minimum Gasteiger partial charge on any atom is -0.301 e. The van der Waals surface area contributed by atoms with Gasteiger partial charge in [-0.2, -0.15) is 9.61 Å². The number of hydrogen-bond donors (Lipinski definition) is 1. The van der Waals surface area contributed by atoms with Crippen molar-refractivity contribution in [3.8, 4) is 0 Å². The fourth-order valence-electron chi connectivity index (χ4n) is 2.05. The summed E-state index contributed by atoms with van der Waals surface area (Å²) in [6.07, 6.45) is 2.29. The molecule has 24 heavy (non-hydrogen) atoms. The van der Waals surface area contributed by atoms with Crippen molar-refractivity contribution in [3.63, 3.8) is 0 Å². The summed E-state index contributed by atoms with van der Waals surface area (Å²) in [5, 5.41) is 16.3. The van der Waals surface area contributed by atoms with Gasteiger partial charge in [0.2, 0.25) is 16.0 Å². The van der Waals surface area contributed by atoms with Crippen molar-refractivity contribution in [2.24, 2.45) is 0 Å². The number of nitrogens with one attached hydrogen (secondary N) is 1. The standard InChI is InChI=1S/C13H12N6O2S3/c1-6(20)14-11-16-17-13(24-11)22-5-8-4-9(21)19-12(15-8)23-10(18-19)7-2-3-7/h4,7H,2-3,5H2,1H3,(H,14,16,20). The van der Waals surface area contributed by atoms with Crippen LogP contribution in [0.2, 0.25) is 0 Å². The van der Waals surface area contributed by atoms with Crippen LogP contribution in [0.15, 0.2) is 15.2 Å². The molecule has 1 fully saturated rings. The molecule has 3 heterocycles. The molecular weight excluding hydrogens is 368 g/mol. The van der Waals surface area contributed by atoms with Gasteiger partial charge >= 0.3 is 0 Å². The van der Waals surface area contributed by atoms with Crippen molar-refractivity contribution >= 4 is 50.4 Å². The molecule has 8 nitrogen and oxygen atoms in total. The van der Waals surface area contributed by atoms with Crippen LogP contribution in [0.4, 0.5) is 5.13 Å². The third-order valence-electron chi connectivity index (χ3n) is 3.27. The summed E-state index contributed by atoms with van der Waals surface area (Å²) >= 11 is 4.21. The molecule has 3 aromatic heterocycles. The first-order valence-electron chi connectivity index (χ1n) is 7.22. The normalized spacial score (nSPS) is 14.2. The highest BCUT2D eigenvalue weighted by atomic mass is 32.2. The van der Waals surface area contributed by atoms with Crippen molar-refractivity contribution < 1.29 is 4.79 Å². The number of aromatic nitrogens is 5. The minimum absolute atomic E-state index is 0.157. The predicted molar refractivity (Wildman–Crippen MR) is 92.9 cm³/mol. The maximum Gasteiger partial charge on any atom is 0.275 e. The van der Waals surface area contributed by atoms with E-state index in [1.54, 1.807) is 0 Å². The number of hydrogen-bond acceptors (Lipinski definition) is 9. The average Bonchev–Trinajstić information content (AvgIpc) is 3.13. The van der Waals surface area contributed by atoms with Crippen LogP contribution in [0.1, 0.15) is 36.4 Å². The van der Waals surface area contributed by atoms with Gasteiger partial charge in [-0.25, -0.2) is 4.98 Å². The van der Waals surface area contributed by atoms with Gasteiger partial charge in [-0.15, -0.1) is 10.2 Å². The van der Waals surface area contributed by atoms with Crippen LogP contribution in [-0.4, -0.2) is 30.7 Å². The molecule has 0 aliphatic heterocycles. The first-order chi connectivity index (χ1) is 11.6. The monoisotopic (exact) mass is 380 g/mol. The Balaban J connectivity index is 1.50. The summed E-state index contributed by atoms with van der Waals surface area (Å²) in [6.45, 7) is 1.42. The molecule has 11 heteroatoms. The van der Waals surface area contributed by atoms with Crippen molar-refractivity contribution in [2.45, 2.75) is 35.8 Å². The number of anilines is 1. The molecule has 0 spiro atoms. The largest absolute Gasteiger partial charge is 0.301 e. The van der Waals surface area contributed by atoms with E-state index in [0.717, 1.165) is 17.8 Å². The zero-order valence-electron chi connectivity index (χ0n) is 12.6. The van der Waals surface area contributed by atoms with E-state index in [2.05, 4.69) is 25.6 Å². The molecule has 0 unspecified atom stereocenters. The Morgan fingerprint density at radius 1 is 1.42 bits per heavy atom. The van der Waals surface area contributed by atoms with Crippen LogP contribution in [0.25, 0.3) is 4.96 Å². The second-order valence-corrected chi connectivity index (χ2v) is 8.53. The van der Waals surface area contributed by atoms with Crippen LogP contribution in [0, 0.1) is 0 Å². The molecule has 0 bridgehead atoms. The summed E-state index contributed by atoms with van der Waals surface area (Å²) in [5.74, 6) is 0.832. The van der Waals surface area contributed by atoms with E-state index >= 15 is 0 Å². The van der Waals surface area contributed by atoms with E-state index in [1.807, 2.05) is 0 Å². The third kappa shape index (κ3) is 3.32. The quantitative estimate of drug-likeness (QED) is 0.534. The second kappa shape index (κ2) is 6.22. The lowest BCUT2D eigenvalue weighted by Crippen LogP contribution is -2.15. The van der Waals surface area contributed by atoms with Gasteiger partial charge in [0, 0.05) is 24.7 Å². The summed E-state index contributed by atoms with van der Waals surface area (Å²) in [7, 11) is 0. The highest BCUT2D eigenvalue weighted by Crippen LogP contribution is 2.41. The van der Waals surface area contributed by atoms with Crippen molar-refractivity contribution in [3.05, 3.63) is 27.1 Å². The smallest absolute Gasteiger partial charge is 0.275 e. The first kappa shape index (κ1) is 15.7. The van der Waals surface area contributed by atoms with Gasteiger partial charge in [0.15, 0.2) is 4.34 Å². The Bertz CT molecular complexity index is 974. The van der Waals surface area contributed by atoms with Gasteiger partial charge in [-0.1, -0.05) is 34.4 Å². The Morgan fingerprint density at radius 3 is 3.00 bits per heavy atom. The molecule has 0 atom stereocenters. The van der Waals surface area contributed by atoms with Gasteiger partial charge in [-0.05, 0) is 12.8 Å². The predicted octanol–water partition coefficient (Wildman–Crippen LogP) is 2.13. The van der Waals surface area contributed by atoms with Gasteiger partial charge in [0.25, 0.3) is 5.56 Å². The van der Waals surface area contributed by atoms with E-state index in [9.17, 15) is 9.59 Å². The van der Waals surface area contributed by atoms with Crippen LogP contribution in [0.5, 0.6) is 0 Å². The van der Waals surface area contributed by atoms with Gasteiger partial charge < -0.3 is 5.32 Å². The third-order valence-corrected chi connectivity index (χ3v) is 6.35. The Hall–Kier alpha value is -1.85. The molecule has 3 aromatic rings. The molecule has 1 aliphatic rings. The Kier molecular flexibility index (Phi) is 4.06. The van der Waals surface area contributed by atoms with E-state index in [0.29, 0.717) is 31.8 Å². The molecule has 0 radical (unpaired) electrons. The summed E-state index contributed by atoms with van der Waals surface area (Å²) in [6, 6.07) is 1.51. The lowest BCUT2D eigenvalue weighted by atomic mass is 10.4. The van der Waals surface area contributed by atoms with Crippen LogP contribution in [-0.2, 0) is 10.5 Å². The first-order valence-corrected chi connectivity index (χ1v) is 9.84. The van der Waals surface area contributed by atoms with Crippen molar-refractivity contribution in [1.82, 2.24) is 24.8 Å². The Morgan fingerprint density at radius 2 is 2.25 bits per heavy atom.